The van der Waals surface area contributed by atoms with Crippen LogP contribution in [-0.2, 0) is 16.4 Å². The van der Waals surface area contributed by atoms with Gasteiger partial charge in [-0.1, -0.05) is 35.9 Å². The largest absolute Gasteiger partial charge is 0.323 e. The Morgan fingerprint density at radius 1 is 0.867 bits per heavy atom. The zero-order chi connectivity index (χ0) is 21.3. The standard InChI is InChI=1S/C23H23N3O3S/c1-16-6-10-21(11-7-16)30(28,29)26-13-12-18-8-9-20(15-22(18)26)25-23(27)24-19-5-3-4-17(2)14-19/h3-11,14-15H,12-13H2,1-2H3,(H2,24,25,27). The van der Waals surface area contributed by atoms with E-state index in [0.717, 1.165) is 16.7 Å². The van der Waals surface area contributed by atoms with Gasteiger partial charge in [-0.05, 0) is 67.8 Å². The first-order valence-corrected chi connectivity index (χ1v) is 11.1. The maximum absolute atomic E-state index is 13.1. The van der Waals surface area contributed by atoms with Crippen molar-refractivity contribution in [1.29, 1.82) is 0 Å². The lowest BCUT2D eigenvalue weighted by atomic mass is 10.1. The number of aryl methyl sites for hydroxylation is 2. The molecule has 2 N–H and O–H groups in total. The van der Waals surface area contributed by atoms with Gasteiger partial charge in [0.1, 0.15) is 0 Å². The number of hydrogen-bond donors (Lipinski definition) is 2. The number of anilines is 3. The minimum absolute atomic E-state index is 0.261. The molecule has 1 aliphatic rings. The highest BCUT2D eigenvalue weighted by atomic mass is 32.2. The Kier molecular flexibility index (Phi) is 5.22. The van der Waals surface area contributed by atoms with Crippen molar-refractivity contribution < 1.29 is 13.2 Å². The molecule has 0 saturated heterocycles. The third-order valence-corrected chi connectivity index (χ3v) is 6.91. The molecular weight excluding hydrogens is 398 g/mol. The summed E-state index contributed by atoms with van der Waals surface area (Å²) in [6.45, 7) is 4.25. The highest BCUT2D eigenvalue weighted by Gasteiger charge is 2.31. The average Bonchev–Trinajstić information content (AvgIpc) is 3.12. The van der Waals surface area contributed by atoms with E-state index in [1.54, 1.807) is 36.4 Å². The topological polar surface area (TPSA) is 78.5 Å². The Morgan fingerprint density at radius 3 is 2.27 bits per heavy atom. The third-order valence-electron chi connectivity index (χ3n) is 5.08. The number of carbonyl (C=O) groups is 1. The van der Waals surface area contributed by atoms with Gasteiger partial charge in [-0.15, -0.1) is 0 Å². The van der Waals surface area contributed by atoms with Crippen LogP contribution >= 0.6 is 0 Å². The summed E-state index contributed by atoms with van der Waals surface area (Å²) in [6, 6.07) is 19.3. The minimum atomic E-state index is -3.66. The fourth-order valence-corrected chi connectivity index (χ4v) is 5.03. The molecule has 0 aliphatic carbocycles. The zero-order valence-corrected chi connectivity index (χ0v) is 17.7. The predicted molar refractivity (Wildman–Crippen MR) is 120 cm³/mol. The minimum Gasteiger partial charge on any atom is -0.308 e. The second-order valence-corrected chi connectivity index (χ2v) is 9.29. The lowest BCUT2D eigenvalue weighted by Gasteiger charge is -2.20. The first-order valence-electron chi connectivity index (χ1n) is 9.70. The van der Waals surface area contributed by atoms with Crippen molar-refractivity contribution in [3.05, 3.63) is 83.4 Å². The van der Waals surface area contributed by atoms with Gasteiger partial charge in [-0.3, -0.25) is 4.31 Å². The molecule has 0 bridgehead atoms. The van der Waals surface area contributed by atoms with Crippen LogP contribution in [0.15, 0.2) is 71.6 Å². The van der Waals surface area contributed by atoms with E-state index in [4.69, 9.17) is 0 Å². The van der Waals surface area contributed by atoms with E-state index in [1.807, 2.05) is 44.2 Å². The number of nitrogens with zero attached hydrogens (tertiary/aromatic N) is 1. The average molecular weight is 422 g/mol. The molecule has 7 heteroatoms. The zero-order valence-electron chi connectivity index (χ0n) is 16.8. The second kappa shape index (κ2) is 7.84. The summed E-state index contributed by atoms with van der Waals surface area (Å²) in [4.78, 5) is 12.6. The molecule has 1 aliphatic heterocycles. The molecule has 0 atom stereocenters. The summed E-state index contributed by atoms with van der Waals surface area (Å²) >= 11 is 0. The summed E-state index contributed by atoms with van der Waals surface area (Å²) in [5, 5.41) is 5.58. The van der Waals surface area contributed by atoms with Crippen molar-refractivity contribution in [2.75, 3.05) is 21.5 Å². The highest BCUT2D eigenvalue weighted by Crippen LogP contribution is 2.35. The number of hydrogen-bond acceptors (Lipinski definition) is 3. The number of sulfonamides is 1. The Labute approximate surface area is 176 Å². The number of carbonyl (C=O) groups excluding carboxylic acids is 1. The van der Waals surface area contributed by atoms with Gasteiger partial charge in [0.25, 0.3) is 10.0 Å². The van der Waals surface area contributed by atoms with Crippen molar-refractivity contribution in [3.8, 4) is 0 Å². The van der Waals surface area contributed by atoms with E-state index in [-0.39, 0.29) is 10.9 Å². The number of benzene rings is 3. The number of amides is 2. The molecule has 30 heavy (non-hydrogen) atoms. The summed E-state index contributed by atoms with van der Waals surface area (Å²) in [5.41, 5.74) is 4.81. The SMILES string of the molecule is Cc1ccc(S(=O)(=O)N2CCc3ccc(NC(=O)Nc4cccc(C)c4)cc32)cc1. The fourth-order valence-electron chi connectivity index (χ4n) is 3.53. The molecule has 0 radical (unpaired) electrons. The molecule has 0 unspecified atom stereocenters. The van der Waals surface area contributed by atoms with Gasteiger partial charge in [0.05, 0.1) is 10.6 Å². The molecule has 0 aromatic heterocycles. The van der Waals surface area contributed by atoms with Gasteiger partial charge < -0.3 is 10.6 Å². The Morgan fingerprint density at radius 2 is 1.57 bits per heavy atom. The molecule has 0 spiro atoms. The maximum Gasteiger partial charge on any atom is 0.323 e. The summed E-state index contributed by atoms with van der Waals surface area (Å²) in [7, 11) is -3.66. The molecule has 2 amide bonds. The highest BCUT2D eigenvalue weighted by molar-refractivity contribution is 7.92. The van der Waals surface area contributed by atoms with Crippen LogP contribution in [0.1, 0.15) is 16.7 Å². The predicted octanol–water partition coefficient (Wildman–Crippen LogP) is 4.70. The molecule has 0 saturated carbocycles. The molecule has 154 valence electrons. The Hall–Kier alpha value is -3.32. The third kappa shape index (κ3) is 4.02. The first kappa shape index (κ1) is 20.0. The van der Waals surface area contributed by atoms with E-state index in [0.29, 0.717) is 30.0 Å². The monoisotopic (exact) mass is 421 g/mol. The van der Waals surface area contributed by atoms with Crippen LogP contribution in [0, 0.1) is 13.8 Å². The van der Waals surface area contributed by atoms with Crippen LogP contribution in [0.4, 0.5) is 21.9 Å². The molecule has 1 heterocycles. The van der Waals surface area contributed by atoms with Crippen molar-refractivity contribution in [3.63, 3.8) is 0 Å². The number of urea groups is 1. The van der Waals surface area contributed by atoms with E-state index in [9.17, 15) is 13.2 Å². The van der Waals surface area contributed by atoms with Gasteiger partial charge >= 0.3 is 6.03 Å². The summed E-state index contributed by atoms with van der Waals surface area (Å²) < 4.78 is 27.7. The van der Waals surface area contributed by atoms with Crippen LogP contribution in [0.5, 0.6) is 0 Å². The van der Waals surface area contributed by atoms with Gasteiger partial charge in [0.15, 0.2) is 0 Å². The smallest absolute Gasteiger partial charge is 0.308 e. The van der Waals surface area contributed by atoms with Crippen molar-refractivity contribution in [2.24, 2.45) is 0 Å². The Bertz CT molecular complexity index is 1200. The quantitative estimate of drug-likeness (QED) is 0.641. The molecular formula is C23H23N3O3S. The molecule has 3 aromatic rings. The Balaban J connectivity index is 1.55. The van der Waals surface area contributed by atoms with E-state index < -0.39 is 10.0 Å². The summed E-state index contributed by atoms with van der Waals surface area (Å²) in [5.74, 6) is 0. The van der Waals surface area contributed by atoms with Crippen molar-refractivity contribution in [2.45, 2.75) is 25.2 Å². The van der Waals surface area contributed by atoms with Crippen LogP contribution in [0.2, 0.25) is 0 Å². The number of rotatable bonds is 4. The van der Waals surface area contributed by atoms with Gasteiger partial charge in [-0.2, -0.15) is 0 Å². The van der Waals surface area contributed by atoms with Crippen LogP contribution < -0.4 is 14.9 Å². The lowest BCUT2D eigenvalue weighted by Crippen LogP contribution is -2.29. The molecule has 4 rings (SSSR count). The first-order chi connectivity index (χ1) is 14.3. The normalized spacial score (nSPS) is 13.1. The van der Waals surface area contributed by atoms with E-state index in [2.05, 4.69) is 10.6 Å². The molecule has 6 nitrogen and oxygen atoms in total. The molecule has 3 aromatic carbocycles. The number of fused-ring (bicyclic) bond motifs is 1. The van der Waals surface area contributed by atoms with E-state index in [1.165, 1.54) is 4.31 Å². The molecule has 0 fully saturated rings. The maximum atomic E-state index is 13.1. The second-order valence-electron chi connectivity index (χ2n) is 7.43. The fraction of sp³-hybridized carbons (Fsp3) is 0.174. The van der Waals surface area contributed by atoms with Gasteiger partial charge in [-0.25, -0.2) is 13.2 Å². The van der Waals surface area contributed by atoms with E-state index >= 15 is 0 Å². The van der Waals surface area contributed by atoms with Crippen LogP contribution in [0.25, 0.3) is 0 Å². The van der Waals surface area contributed by atoms with Crippen LogP contribution in [0.3, 0.4) is 0 Å². The van der Waals surface area contributed by atoms with Crippen LogP contribution in [-0.4, -0.2) is 21.0 Å². The van der Waals surface area contributed by atoms with Crippen molar-refractivity contribution in [1.82, 2.24) is 0 Å². The lowest BCUT2D eigenvalue weighted by molar-refractivity contribution is 0.262. The number of nitrogens with one attached hydrogen (secondary N) is 2. The summed E-state index contributed by atoms with van der Waals surface area (Å²) in [6.07, 6.45) is 0.635. The van der Waals surface area contributed by atoms with Crippen molar-refractivity contribution >= 4 is 33.1 Å². The van der Waals surface area contributed by atoms with Gasteiger partial charge in [0, 0.05) is 17.9 Å². The van der Waals surface area contributed by atoms with Gasteiger partial charge in [0.2, 0.25) is 0 Å².